The standard InChI is InChI=1S/C17H23NO2/c1-4-5-12-20-14(3)17(19)18-11-7-10-15-9-6-8-13(2)16(15)18/h4,6,8-9,14H,1,5,7,10-12H2,2-3H3. The van der Waals surface area contributed by atoms with E-state index in [1.165, 1.54) is 5.56 Å². The van der Waals surface area contributed by atoms with Crippen LogP contribution in [0.3, 0.4) is 0 Å². The Hall–Kier alpha value is -1.61. The van der Waals surface area contributed by atoms with Crippen LogP contribution < -0.4 is 4.90 Å². The van der Waals surface area contributed by atoms with Crippen LogP contribution in [0.15, 0.2) is 30.9 Å². The predicted molar refractivity (Wildman–Crippen MR) is 82.1 cm³/mol. The zero-order chi connectivity index (χ0) is 14.5. The first-order valence-corrected chi connectivity index (χ1v) is 7.27. The fourth-order valence-electron chi connectivity index (χ4n) is 2.69. The van der Waals surface area contributed by atoms with Crippen LogP contribution in [0, 0.1) is 6.92 Å². The monoisotopic (exact) mass is 273 g/mol. The van der Waals surface area contributed by atoms with E-state index in [4.69, 9.17) is 4.74 Å². The molecule has 1 atom stereocenters. The Morgan fingerprint density at radius 2 is 2.35 bits per heavy atom. The minimum absolute atomic E-state index is 0.0595. The Labute approximate surface area is 121 Å². The molecular formula is C17H23NO2. The van der Waals surface area contributed by atoms with Gasteiger partial charge < -0.3 is 9.64 Å². The van der Waals surface area contributed by atoms with Gasteiger partial charge in [-0.05, 0) is 44.2 Å². The number of benzene rings is 1. The molecule has 20 heavy (non-hydrogen) atoms. The summed E-state index contributed by atoms with van der Waals surface area (Å²) in [4.78, 5) is 14.5. The van der Waals surface area contributed by atoms with Crippen LogP contribution in [0.4, 0.5) is 5.69 Å². The smallest absolute Gasteiger partial charge is 0.255 e. The molecular weight excluding hydrogens is 250 g/mol. The van der Waals surface area contributed by atoms with E-state index in [0.717, 1.165) is 37.1 Å². The van der Waals surface area contributed by atoms with Crippen molar-refractivity contribution in [3.8, 4) is 0 Å². The summed E-state index contributed by atoms with van der Waals surface area (Å²) >= 11 is 0. The zero-order valence-corrected chi connectivity index (χ0v) is 12.4. The molecule has 0 radical (unpaired) electrons. The normalized spacial score (nSPS) is 15.6. The van der Waals surface area contributed by atoms with E-state index in [9.17, 15) is 4.79 Å². The van der Waals surface area contributed by atoms with Gasteiger partial charge in [-0.2, -0.15) is 0 Å². The quantitative estimate of drug-likeness (QED) is 0.609. The van der Waals surface area contributed by atoms with Gasteiger partial charge in [0.2, 0.25) is 0 Å². The van der Waals surface area contributed by atoms with Crippen molar-refractivity contribution < 1.29 is 9.53 Å². The number of aryl methyl sites for hydroxylation is 2. The van der Waals surface area contributed by atoms with E-state index in [-0.39, 0.29) is 5.91 Å². The van der Waals surface area contributed by atoms with Crippen molar-refractivity contribution >= 4 is 11.6 Å². The molecule has 0 saturated carbocycles. The molecule has 0 N–H and O–H groups in total. The van der Waals surface area contributed by atoms with Gasteiger partial charge in [0.1, 0.15) is 6.10 Å². The molecule has 1 aliphatic heterocycles. The summed E-state index contributed by atoms with van der Waals surface area (Å²) < 4.78 is 5.59. The van der Waals surface area contributed by atoms with E-state index in [1.807, 2.05) is 11.8 Å². The van der Waals surface area contributed by atoms with Crippen LogP contribution >= 0.6 is 0 Å². The highest BCUT2D eigenvalue weighted by Crippen LogP contribution is 2.31. The summed E-state index contributed by atoms with van der Waals surface area (Å²) in [6.45, 7) is 8.88. The lowest BCUT2D eigenvalue weighted by molar-refractivity contribution is -0.129. The van der Waals surface area contributed by atoms with Crippen LogP contribution in [-0.4, -0.2) is 25.2 Å². The molecule has 108 valence electrons. The summed E-state index contributed by atoms with van der Waals surface area (Å²) in [6, 6.07) is 6.24. The highest BCUT2D eigenvalue weighted by Gasteiger charge is 2.27. The van der Waals surface area contributed by atoms with Crippen molar-refractivity contribution in [2.75, 3.05) is 18.1 Å². The minimum atomic E-state index is -0.402. The third kappa shape index (κ3) is 3.10. The lowest BCUT2D eigenvalue weighted by atomic mass is 9.98. The predicted octanol–water partition coefficient (Wildman–Crippen LogP) is 3.26. The molecule has 1 aromatic rings. The van der Waals surface area contributed by atoms with Crippen molar-refractivity contribution in [1.29, 1.82) is 0 Å². The van der Waals surface area contributed by atoms with Gasteiger partial charge in [-0.15, -0.1) is 6.58 Å². The minimum Gasteiger partial charge on any atom is -0.368 e. The van der Waals surface area contributed by atoms with Gasteiger partial charge >= 0.3 is 0 Å². The second kappa shape index (κ2) is 6.71. The Kier molecular flexibility index (Phi) is 4.96. The van der Waals surface area contributed by atoms with Gasteiger partial charge in [0.15, 0.2) is 0 Å². The molecule has 1 heterocycles. The largest absolute Gasteiger partial charge is 0.368 e. The van der Waals surface area contributed by atoms with Crippen molar-refractivity contribution in [3.63, 3.8) is 0 Å². The maximum Gasteiger partial charge on any atom is 0.255 e. The SMILES string of the molecule is C=CCCOC(C)C(=O)N1CCCc2cccc(C)c21. The van der Waals surface area contributed by atoms with Gasteiger partial charge in [0.25, 0.3) is 5.91 Å². The summed E-state index contributed by atoms with van der Waals surface area (Å²) in [5, 5.41) is 0. The van der Waals surface area contributed by atoms with Gasteiger partial charge in [-0.25, -0.2) is 0 Å². The molecule has 1 aromatic carbocycles. The Bertz CT molecular complexity index is 496. The number of fused-ring (bicyclic) bond motifs is 1. The van der Waals surface area contributed by atoms with Crippen LogP contribution in [-0.2, 0) is 16.0 Å². The second-order valence-corrected chi connectivity index (χ2v) is 5.27. The Morgan fingerprint density at radius 3 is 3.10 bits per heavy atom. The first-order chi connectivity index (χ1) is 9.65. The molecule has 0 fully saturated rings. The fourth-order valence-corrected chi connectivity index (χ4v) is 2.69. The number of rotatable bonds is 5. The number of amides is 1. The third-order valence-corrected chi connectivity index (χ3v) is 3.72. The van der Waals surface area contributed by atoms with Gasteiger partial charge in [-0.1, -0.05) is 24.3 Å². The molecule has 0 aliphatic carbocycles. The van der Waals surface area contributed by atoms with Crippen molar-refractivity contribution in [1.82, 2.24) is 0 Å². The molecule has 0 spiro atoms. The first kappa shape index (κ1) is 14.8. The number of carbonyl (C=O) groups excluding carboxylic acids is 1. The average Bonchev–Trinajstić information content (AvgIpc) is 2.46. The van der Waals surface area contributed by atoms with Crippen LogP contribution in [0.5, 0.6) is 0 Å². The highest BCUT2D eigenvalue weighted by molar-refractivity contribution is 5.98. The molecule has 0 bridgehead atoms. The highest BCUT2D eigenvalue weighted by atomic mass is 16.5. The average molecular weight is 273 g/mol. The van der Waals surface area contributed by atoms with E-state index in [1.54, 1.807) is 6.08 Å². The summed E-state index contributed by atoms with van der Waals surface area (Å²) in [7, 11) is 0. The first-order valence-electron chi connectivity index (χ1n) is 7.27. The molecule has 2 rings (SSSR count). The van der Waals surface area contributed by atoms with Crippen LogP contribution in [0.1, 0.15) is 30.9 Å². The van der Waals surface area contributed by atoms with Crippen molar-refractivity contribution in [2.45, 2.75) is 39.2 Å². The number of hydrogen-bond acceptors (Lipinski definition) is 2. The molecule has 1 unspecified atom stereocenters. The molecule has 3 heteroatoms. The van der Waals surface area contributed by atoms with E-state index < -0.39 is 6.10 Å². The van der Waals surface area contributed by atoms with Gasteiger partial charge in [0.05, 0.1) is 6.61 Å². The van der Waals surface area contributed by atoms with Crippen LogP contribution in [0.2, 0.25) is 0 Å². The summed E-state index contributed by atoms with van der Waals surface area (Å²) in [5.74, 6) is 0.0595. The number of hydrogen-bond donors (Lipinski definition) is 0. The van der Waals surface area contributed by atoms with Crippen molar-refractivity contribution in [2.24, 2.45) is 0 Å². The summed E-state index contributed by atoms with van der Waals surface area (Å²) in [6.07, 6.45) is 4.24. The number of ether oxygens (including phenoxy) is 1. The number of para-hydroxylation sites is 1. The fraction of sp³-hybridized carbons (Fsp3) is 0.471. The number of anilines is 1. The van der Waals surface area contributed by atoms with Crippen molar-refractivity contribution in [3.05, 3.63) is 42.0 Å². The maximum atomic E-state index is 12.6. The van der Waals surface area contributed by atoms with E-state index >= 15 is 0 Å². The van der Waals surface area contributed by atoms with Gasteiger partial charge in [0, 0.05) is 12.2 Å². The van der Waals surface area contributed by atoms with E-state index in [2.05, 4.69) is 31.7 Å². The van der Waals surface area contributed by atoms with Gasteiger partial charge in [-0.3, -0.25) is 4.79 Å². The molecule has 1 amide bonds. The summed E-state index contributed by atoms with van der Waals surface area (Å²) in [5.41, 5.74) is 3.51. The number of carbonyl (C=O) groups is 1. The molecule has 3 nitrogen and oxygen atoms in total. The number of nitrogens with zero attached hydrogens (tertiary/aromatic N) is 1. The lowest BCUT2D eigenvalue weighted by Crippen LogP contribution is -2.42. The van der Waals surface area contributed by atoms with Crippen LogP contribution in [0.25, 0.3) is 0 Å². The molecule has 0 aromatic heterocycles. The lowest BCUT2D eigenvalue weighted by Gasteiger charge is -2.32. The maximum absolute atomic E-state index is 12.6. The topological polar surface area (TPSA) is 29.5 Å². The second-order valence-electron chi connectivity index (χ2n) is 5.27. The zero-order valence-electron chi connectivity index (χ0n) is 12.4. The Balaban J connectivity index is 2.14. The molecule has 1 aliphatic rings. The third-order valence-electron chi connectivity index (χ3n) is 3.72. The molecule has 0 saturated heterocycles. The van der Waals surface area contributed by atoms with E-state index in [0.29, 0.717) is 6.61 Å². The Morgan fingerprint density at radius 1 is 1.55 bits per heavy atom.